The number of hydrogen-bond acceptors (Lipinski definition) is 1. The molecule has 0 saturated heterocycles. The fourth-order valence-electron chi connectivity index (χ4n) is 4.96. The van der Waals surface area contributed by atoms with Crippen molar-refractivity contribution in [2.75, 3.05) is 7.05 Å². The van der Waals surface area contributed by atoms with Gasteiger partial charge >= 0.3 is 0 Å². The third kappa shape index (κ3) is 1.94. The fourth-order valence-corrected chi connectivity index (χ4v) is 5.28. The SMILES string of the molecule is CC(Br)C(=O)N(C)C1C2CC3CC(C2)CC1C3. The van der Waals surface area contributed by atoms with Crippen molar-refractivity contribution in [3.8, 4) is 0 Å². The first-order chi connectivity index (χ1) is 8.06. The van der Waals surface area contributed by atoms with Crippen molar-refractivity contribution in [3.05, 3.63) is 0 Å². The molecule has 0 N–H and O–H groups in total. The molecule has 4 aliphatic carbocycles. The van der Waals surface area contributed by atoms with E-state index in [1.165, 1.54) is 32.1 Å². The van der Waals surface area contributed by atoms with E-state index in [9.17, 15) is 4.79 Å². The minimum Gasteiger partial charge on any atom is -0.341 e. The number of hydrogen-bond donors (Lipinski definition) is 0. The number of carbonyl (C=O) groups is 1. The molecule has 4 bridgehead atoms. The van der Waals surface area contributed by atoms with Crippen LogP contribution in [0.5, 0.6) is 0 Å². The molecule has 0 aromatic rings. The summed E-state index contributed by atoms with van der Waals surface area (Å²) in [6.45, 7) is 1.94. The number of amides is 1. The van der Waals surface area contributed by atoms with Gasteiger partial charge in [-0.1, -0.05) is 15.9 Å². The van der Waals surface area contributed by atoms with Gasteiger partial charge in [0.25, 0.3) is 0 Å². The Kier molecular flexibility index (Phi) is 3.00. The molecule has 1 atom stereocenters. The first-order valence-corrected chi connectivity index (χ1v) is 7.88. The van der Waals surface area contributed by atoms with E-state index in [2.05, 4.69) is 20.8 Å². The Bertz CT molecular complexity index is 300. The molecular weight excluding hydrogens is 278 g/mol. The van der Waals surface area contributed by atoms with Gasteiger partial charge < -0.3 is 4.90 Å². The van der Waals surface area contributed by atoms with E-state index in [0.29, 0.717) is 6.04 Å². The standard InChI is InChI=1S/C14H22BrNO/c1-8(15)14(17)16(2)13-11-4-9-3-10(6-11)7-12(13)5-9/h8-13H,3-7H2,1-2H3. The van der Waals surface area contributed by atoms with Crippen molar-refractivity contribution >= 4 is 21.8 Å². The highest BCUT2D eigenvalue weighted by atomic mass is 79.9. The molecule has 0 spiro atoms. The van der Waals surface area contributed by atoms with Crippen LogP contribution in [0.25, 0.3) is 0 Å². The molecule has 2 nitrogen and oxygen atoms in total. The predicted octanol–water partition coefficient (Wildman–Crippen LogP) is 3.05. The van der Waals surface area contributed by atoms with Crippen LogP contribution in [0.4, 0.5) is 0 Å². The maximum atomic E-state index is 12.1. The molecule has 4 rings (SSSR count). The maximum absolute atomic E-state index is 12.1. The monoisotopic (exact) mass is 299 g/mol. The molecule has 17 heavy (non-hydrogen) atoms. The zero-order valence-corrected chi connectivity index (χ0v) is 12.3. The van der Waals surface area contributed by atoms with Gasteiger partial charge in [0.1, 0.15) is 0 Å². The van der Waals surface area contributed by atoms with E-state index < -0.39 is 0 Å². The summed E-state index contributed by atoms with van der Waals surface area (Å²) in [5, 5.41) is 0. The second-order valence-corrected chi connectivity index (χ2v) is 7.86. The Labute approximate surface area is 112 Å². The highest BCUT2D eigenvalue weighted by molar-refractivity contribution is 9.10. The van der Waals surface area contributed by atoms with Gasteiger partial charge in [0, 0.05) is 13.1 Å². The summed E-state index contributed by atoms with van der Waals surface area (Å²) < 4.78 is 0. The largest absolute Gasteiger partial charge is 0.341 e. The van der Waals surface area contributed by atoms with Gasteiger partial charge in [-0.25, -0.2) is 0 Å². The minimum absolute atomic E-state index is 0.0373. The summed E-state index contributed by atoms with van der Waals surface area (Å²) in [6, 6.07) is 0.537. The molecule has 0 aromatic carbocycles. The van der Waals surface area contributed by atoms with Gasteiger partial charge in [0.15, 0.2) is 0 Å². The van der Waals surface area contributed by atoms with Crippen molar-refractivity contribution < 1.29 is 4.79 Å². The molecule has 0 heterocycles. The smallest absolute Gasteiger partial charge is 0.236 e. The van der Waals surface area contributed by atoms with Gasteiger partial charge in [-0.15, -0.1) is 0 Å². The summed E-state index contributed by atoms with van der Waals surface area (Å²) >= 11 is 3.42. The zero-order chi connectivity index (χ0) is 12.2. The quantitative estimate of drug-likeness (QED) is 0.718. The summed E-state index contributed by atoms with van der Waals surface area (Å²) in [6.07, 6.45) is 7.00. The van der Waals surface area contributed by atoms with Crippen molar-refractivity contribution in [1.82, 2.24) is 4.90 Å². The van der Waals surface area contributed by atoms with E-state index in [4.69, 9.17) is 0 Å². The molecule has 0 radical (unpaired) electrons. The van der Waals surface area contributed by atoms with E-state index >= 15 is 0 Å². The first-order valence-electron chi connectivity index (χ1n) is 6.97. The maximum Gasteiger partial charge on any atom is 0.236 e. The lowest BCUT2D eigenvalue weighted by molar-refractivity contribution is -0.140. The van der Waals surface area contributed by atoms with Gasteiger partial charge in [-0.3, -0.25) is 4.79 Å². The Hall–Kier alpha value is -0.0500. The Morgan fingerprint density at radius 1 is 1.12 bits per heavy atom. The van der Waals surface area contributed by atoms with Crippen LogP contribution < -0.4 is 0 Å². The molecule has 4 aliphatic rings. The van der Waals surface area contributed by atoms with Gasteiger partial charge in [-0.05, 0) is 62.7 Å². The third-order valence-electron chi connectivity index (χ3n) is 5.31. The van der Waals surface area contributed by atoms with Crippen LogP contribution in [0.1, 0.15) is 39.0 Å². The lowest BCUT2D eigenvalue weighted by Gasteiger charge is -2.56. The lowest BCUT2D eigenvalue weighted by atomic mass is 9.54. The van der Waals surface area contributed by atoms with E-state index in [1.807, 2.05) is 14.0 Å². The molecule has 4 fully saturated rings. The number of carbonyl (C=O) groups excluding carboxylic acids is 1. The summed E-state index contributed by atoms with van der Waals surface area (Å²) in [4.78, 5) is 14.2. The van der Waals surface area contributed by atoms with Gasteiger partial charge in [0.2, 0.25) is 5.91 Å². The van der Waals surface area contributed by atoms with Crippen molar-refractivity contribution in [2.24, 2.45) is 23.7 Å². The third-order valence-corrected chi connectivity index (χ3v) is 5.70. The average Bonchev–Trinajstić information content (AvgIpc) is 2.26. The van der Waals surface area contributed by atoms with Crippen LogP contribution in [0.2, 0.25) is 0 Å². The topological polar surface area (TPSA) is 20.3 Å². The molecule has 0 aliphatic heterocycles. The van der Waals surface area contributed by atoms with Gasteiger partial charge in [-0.2, -0.15) is 0 Å². The molecule has 3 heteroatoms. The molecule has 1 amide bonds. The van der Waals surface area contributed by atoms with Crippen LogP contribution in [0.3, 0.4) is 0 Å². The first kappa shape index (κ1) is 12.0. The highest BCUT2D eigenvalue weighted by Gasteiger charge is 2.50. The normalized spacial score (nSPS) is 44.8. The summed E-state index contributed by atoms with van der Waals surface area (Å²) in [5.41, 5.74) is 0. The number of nitrogens with zero attached hydrogens (tertiary/aromatic N) is 1. The second-order valence-electron chi connectivity index (χ2n) is 6.49. The van der Waals surface area contributed by atoms with Crippen molar-refractivity contribution in [2.45, 2.75) is 49.9 Å². The zero-order valence-electron chi connectivity index (χ0n) is 10.7. The Morgan fingerprint density at radius 2 is 1.59 bits per heavy atom. The highest BCUT2D eigenvalue weighted by Crippen LogP contribution is 2.55. The second kappa shape index (κ2) is 4.25. The minimum atomic E-state index is -0.0373. The molecule has 4 saturated carbocycles. The van der Waals surface area contributed by atoms with E-state index in [1.54, 1.807) is 0 Å². The fraction of sp³-hybridized carbons (Fsp3) is 0.929. The predicted molar refractivity (Wildman–Crippen MR) is 72.0 cm³/mol. The average molecular weight is 300 g/mol. The van der Waals surface area contributed by atoms with E-state index in [-0.39, 0.29) is 10.7 Å². The summed E-state index contributed by atoms with van der Waals surface area (Å²) in [5.74, 6) is 3.83. The van der Waals surface area contributed by atoms with Crippen LogP contribution in [-0.4, -0.2) is 28.7 Å². The van der Waals surface area contributed by atoms with Crippen LogP contribution in [0, 0.1) is 23.7 Å². The summed E-state index contributed by atoms with van der Waals surface area (Å²) in [7, 11) is 2.02. The molecule has 1 unspecified atom stereocenters. The van der Waals surface area contributed by atoms with Crippen LogP contribution >= 0.6 is 15.9 Å². The number of rotatable bonds is 2. The number of halogens is 1. The van der Waals surface area contributed by atoms with E-state index in [0.717, 1.165) is 23.7 Å². The Balaban J connectivity index is 1.77. The van der Waals surface area contributed by atoms with Crippen molar-refractivity contribution in [1.29, 1.82) is 0 Å². The molecular formula is C14H22BrNO. The van der Waals surface area contributed by atoms with Crippen LogP contribution in [-0.2, 0) is 4.79 Å². The number of alkyl halides is 1. The van der Waals surface area contributed by atoms with Gasteiger partial charge in [0.05, 0.1) is 4.83 Å². The molecule has 0 aromatic heterocycles. The lowest BCUT2D eigenvalue weighted by Crippen LogP contribution is -2.57. The molecule has 96 valence electrons. The van der Waals surface area contributed by atoms with Crippen LogP contribution in [0.15, 0.2) is 0 Å². The Morgan fingerprint density at radius 3 is 2.00 bits per heavy atom. The van der Waals surface area contributed by atoms with Crippen molar-refractivity contribution in [3.63, 3.8) is 0 Å².